The third-order valence-corrected chi connectivity index (χ3v) is 5.64. The van der Waals surface area contributed by atoms with Gasteiger partial charge in [0.1, 0.15) is 16.6 Å². The number of rotatable bonds is 7. The molecule has 0 aliphatic heterocycles. The number of thioether (sulfide) groups is 1. The molecule has 30 heavy (non-hydrogen) atoms. The average molecular weight is 423 g/mol. The Morgan fingerprint density at radius 1 is 1.07 bits per heavy atom. The molecule has 0 amide bonds. The molecule has 0 unspecified atom stereocenters. The molecule has 0 radical (unpaired) electrons. The first-order valence-corrected chi connectivity index (χ1v) is 10.6. The highest BCUT2D eigenvalue weighted by Gasteiger charge is 2.16. The van der Waals surface area contributed by atoms with Crippen molar-refractivity contribution >= 4 is 17.4 Å². The van der Waals surface area contributed by atoms with E-state index >= 15 is 0 Å². The largest absolute Gasteiger partial charge is 0.497 e. The fourth-order valence-corrected chi connectivity index (χ4v) is 4.04. The Hall–Kier alpha value is -2.90. The first-order valence-electron chi connectivity index (χ1n) is 9.58. The van der Waals surface area contributed by atoms with Crippen LogP contribution in [0, 0.1) is 5.82 Å². The molecule has 0 saturated heterocycles. The Morgan fingerprint density at radius 2 is 1.87 bits per heavy atom. The van der Waals surface area contributed by atoms with Gasteiger partial charge in [-0.15, -0.1) is 0 Å². The molecular weight excluding hydrogens is 399 g/mol. The zero-order valence-electron chi connectivity index (χ0n) is 17.2. The van der Waals surface area contributed by atoms with Crippen molar-refractivity contribution < 1.29 is 9.13 Å². The second kappa shape index (κ2) is 8.85. The van der Waals surface area contributed by atoms with Crippen molar-refractivity contribution in [2.45, 2.75) is 17.3 Å². The van der Waals surface area contributed by atoms with E-state index in [2.05, 4.69) is 11.0 Å². The summed E-state index contributed by atoms with van der Waals surface area (Å²) >= 11 is 1.66. The van der Waals surface area contributed by atoms with Crippen molar-refractivity contribution in [1.29, 1.82) is 0 Å². The molecule has 154 valence electrons. The zero-order valence-corrected chi connectivity index (χ0v) is 18.0. The molecule has 0 N–H and O–H groups in total. The van der Waals surface area contributed by atoms with Crippen molar-refractivity contribution in [2.24, 2.45) is 0 Å². The number of methoxy groups -OCH3 is 1. The predicted molar refractivity (Wildman–Crippen MR) is 118 cm³/mol. The van der Waals surface area contributed by atoms with Gasteiger partial charge in [-0.05, 0) is 68.2 Å². The lowest BCUT2D eigenvalue weighted by Crippen LogP contribution is -2.14. The van der Waals surface area contributed by atoms with Crippen LogP contribution in [-0.2, 0) is 12.3 Å². The van der Waals surface area contributed by atoms with E-state index in [9.17, 15) is 4.39 Å². The SMILES string of the molecule is COc1cccc(CSc2ccc3nc(-c4ccc(F)cc4)c(CN(C)C)n3n2)c1. The fourth-order valence-electron chi connectivity index (χ4n) is 3.24. The van der Waals surface area contributed by atoms with Crippen LogP contribution in [0.3, 0.4) is 0 Å². The highest BCUT2D eigenvalue weighted by Crippen LogP contribution is 2.28. The van der Waals surface area contributed by atoms with E-state index in [1.807, 2.05) is 48.9 Å². The zero-order chi connectivity index (χ0) is 21.1. The summed E-state index contributed by atoms with van der Waals surface area (Å²) in [7, 11) is 5.69. The lowest BCUT2D eigenvalue weighted by atomic mass is 10.1. The number of hydrogen-bond donors (Lipinski definition) is 0. The van der Waals surface area contributed by atoms with Gasteiger partial charge < -0.3 is 9.64 Å². The fraction of sp³-hybridized carbons (Fsp3) is 0.217. The van der Waals surface area contributed by atoms with Crippen LogP contribution in [0.1, 0.15) is 11.3 Å². The third kappa shape index (κ3) is 4.47. The summed E-state index contributed by atoms with van der Waals surface area (Å²) in [6.45, 7) is 0.672. The molecule has 0 aliphatic rings. The Morgan fingerprint density at radius 3 is 2.60 bits per heavy atom. The minimum atomic E-state index is -0.258. The highest BCUT2D eigenvalue weighted by molar-refractivity contribution is 7.98. The van der Waals surface area contributed by atoms with Crippen LogP contribution in [0.2, 0.25) is 0 Å². The van der Waals surface area contributed by atoms with Crippen LogP contribution in [0.4, 0.5) is 4.39 Å². The normalized spacial score (nSPS) is 11.4. The van der Waals surface area contributed by atoms with Crippen LogP contribution < -0.4 is 4.74 Å². The summed E-state index contributed by atoms with van der Waals surface area (Å²) in [5.41, 5.74) is 4.63. The second-order valence-corrected chi connectivity index (χ2v) is 8.23. The number of fused-ring (bicyclic) bond motifs is 1. The van der Waals surface area contributed by atoms with E-state index in [1.54, 1.807) is 31.0 Å². The molecular formula is C23H23FN4OS. The molecule has 0 bridgehead atoms. The molecule has 2 aromatic heterocycles. The van der Waals surface area contributed by atoms with Crippen LogP contribution in [-0.4, -0.2) is 40.7 Å². The molecule has 0 fully saturated rings. The summed E-state index contributed by atoms with van der Waals surface area (Å²) in [5, 5.41) is 5.75. The van der Waals surface area contributed by atoms with E-state index in [0.29, 0.717) is 6.54 Å². The maximum absolute atomic E-state index is 13.4. The molecule has 4 rings (SSSR count). The quantitative estimate of drug-likeness (QED) is 0.397. The van der Waals surface area contributed by atoms with E-state index in [0.717, 1.165) is 39.1 Å². The highest BCUT2D eigenvalue weighted by atomic mass is 32.2. The number of halogens is 1. The maximum Gasteiger partial charge on any atom is 0.154 e. The molecule has 0 saturated carbocycles. The lowest BCUT2D eigenvalue weighted by molar-refractivity contribution is 0.393. The van der Waals surface area contributed by atoms with Gasteiger partial charge in [0.25, 0.3) is 0 Å². The first kappa shape index (κ1) is 20.4. The summed E-state index contributed by atoms with van der Waals surface area (Å²) < 4.78 is 20.6. The van der Waals surface area contributed by atoms with Gasteiger partial charge in [0, 0.05) is 17.9 Å². The minimum absolute atomic E-state index is 0.258. The smallest absolute Gasteiger partial charge is 0.154 e. The van der Waals surface area contributed by atoms with Crippen molar-refractivity contribution in [3.8, 4) is 17.0 Å². The predicted octanol–water partition coefficient (Wildman–Crippen LogP) is 4.90. The topological polar surface area (TPSA) is 42.7 Å². The number of hydrogen-bond acceptors (Lipinski definition) is 5. The van der Waals surface area contributed by atoms with Gasteiger partial charge in [0.05, 0.1) is 18.5 Å². The maximum atomic E-state index is 13.4. The van der Waals surface area contributed by atoms with Gasteiger partial charge in [-0.25, -0.2) is 13.9 Å². The molecule has 2 heterocycles. The summed E-state index contributed by atoms with van der Waals surface area (Å²) in [4.78, 5) is 6.85. The molecule has 0 aliphatic carbocycles. The Labute approximate surface area is 179 Å². The van der Waals surface area contributed by atoms with Crippen LogP contribution in [0.25, 0.3) is 16.9 Å². The van der Waals surface area contributed by atoms with E-state index in [1.165, 1.54) is 17.7 Å². The summed E-state index contributed by atoms with van der Waals surface area (Å²) in [6.07, 6.45) is 0. The number of ether oxygens (including phenoxy) is 1. The Balaban J connectivity index is 1.67. The Kier molecular flexibility index (Phi) is 6.01. The average Bonchev–Trinajstić information content (AvgIpc) is 3.10. The molecule has 0 spiro atoms. The van der Waals surface area contributed by atoms with Crippen LogP contribution in [0.15, 0.2) is 65.7 Å². The number of imidazole rings is 1. The summed E-state index contributed by atoms with van der Waals surface area (Å²) in [5.74, 6) is 1.38. The molecule has 0 atom stereocenters. The van der Waals surface area contributed by atoms with Gasteiger partial charge in [-0.3, -0.25) is 0 Å². The number of nitrogens with zero attached hydrogens (tertiary/aromatic N) is 4. The first-order chi connectivity index (χ1) is 14.5. The number of aromatic nitrogens is 3. The van der Waals surface area contributed by atoms with Crippen LogP contribution >= 0.6 is 11.8 Å². The van der Waals surface area contributed by atoms with Gasteiger partial charge in [-0.2, -0.15) is 5.10 Å². The van der Waals surface area contributed by atoms with E-state index in [-0.39, 0.29) is 5.82 Å². The van der Waals surface area contributed by atoms with Gasteiger partial charge in [0.2, 0.25) is 0 Å². The van der Waals surface area contributed by atoms with Gasteiger partial charge in [-0.1, -0.05) is 23.9 Å². The van der Waals surface area contributed by atoms with E-state index in [4.69, 9.17) is 14.8 Å². The molecule has 2 aromatic carbocycles. The second-order valence-electron chi connectivity index (χ2n) is 7.23. The van der Waals surface area contributed by atoms with E-state index < -0.39 is 0 Å². The van der Waals surface area contributed by atoms with Crippen LogP contribution in [0.5, 0.6) is 5.75 Å². The van der Waals surface area contributed by atoms with Gasteiger partial charge >= 0.3 is 0 Å². The van der Waals surface area contributed by atoms with Crippen molar-refractivity contribution in [3.05, 3.63) is 77.7 Å². The van der Waals surface area contributed by atoms with Crippen molar-refractivity contribution in [2.75, 3.05) is 21.2 Å². The molecule has 4 aromatic rings. The number of benzene rings is 2. The minimum Gasteiger partial charge on any atom is -0.497 e. The standard InChI is InChI=1S/C23H23FN4OS/c1-27(2)14-20-23(17-7-9-18(24)10-8-17)25-21-11-12-22(26-28(20)21)30-15-16-5-4-6-19(13-16)29-3/h4-13H,14-15H2,1-3H3. The van der Waals surface area contributed by atoms with Crippen molar-refractivity contribution in [1.82, 2.24) is 19.5 Å². The van der Waals surface area contributed by atoms with Gasteiger partial charge in [0.15, 0.2) is 5.65 Å². The summed E-state index contributed by atoms with van der Waals surface area (Å²) in [6, 6.07) is 18.4. The third-order valence-electron chi connectivity index (χ3n) is 4.65. The molecule has 7 heteroatoms. The Bertz CT molecular complexity index is 1160. The monoisotopic (exact) mass is 422 g/mol. The van der Waals surface area contributed by atoms with Crippen molar-refractivity contribution in [3.63, 3.8) is 0 Å². The lowest BCUT2D eigenvalue weighted by Gasteiger charge is -2.11. The molecule has 5 nitrogen and oxygen atoms in total.